The number of carboxylic acids is 1. The molecule has 11 nitrogen and oxygen atoms in total. The summed E-state index contributed by atoms with van der Waals surface area (Å²) in [4.78, 5) is 37.1. The maximum atomic E-state index is 13.4. The number of pyridine rings is 2. The van der Waals surface area contributed by atoms with Crippen LogP contribution in [0.15, 0.2) is 30.5 Å². The summed E-state index contributed by atoms with van der Waals surface area (Å²) in [6.45, 7) is 5.98. The predicted molar refractivity (Wildman–Crippen MR) is 123 cm³/mol. The number of carboxylic acid groups (broad SMARTS) is 1. The molecule has 11 heteroatoms. The van der Waals surface area contributed by atoms with E-state index in [4.69, 9.17) is 14.2 Å². The monoisotopic (exact) mass is 469 g/mol. The van der Waals surface area contributed by atoms with Crippen LogP contribution in [-0.2, 0) is 9.47 Å². The minimum Gasteiger partial charge on any atom is -0.491 e. The van der Waals surface area contributed by atoms with Gasteiger partial charge >= 0.3 is 12.0 Å². The van der Waals surface area contributed by atoms with E-state index in [2.05, 4.69) is 20.2 Å². The molecule has 2 aromatic rings. The molecule has 5 heterocycles. The van der Waals surface area contributed by atoms with Gasteiger partial charge in [-0.25, -0.2) is 19.6 Å². The van der Waals surface area contributed by atoms with Crippen LogP contribution in [0, 0.1) is 0 Å². The highest BCUT2D eigenvalue weighted by atomic mass is 16.7. The second kappa shape index (κ2) is 8.73. The number of amides is 2. The third-order valence-electron chi connectivity index (χ3n) is 6.09. The highest BCUT2D eigenvalue weighted by Crippen LogP contribution is 2.38. The molecule has 2 saturated heterocycles. The van der Waals surface area contributed by atoms with E-state index >= 15 is 0 Å². The molecule has 2 amide bonds. The van der Waals surface area contributed by atoms with E-state index in [1.807, 2.05) is 13.8 Å². The Balaban J connectivity index is 1.32. The molecule has 34 heavy (non-hydrogen) atoms. The molecule has 2 bridgehead atoms. The topological polar surface area (TPSA) is 126 Å². The zero-order valence-corrected chi connectivity index (χ0v) is 19.1. The highest BCUT2D eigenvalue weighted by molar-refractivity contribution is 6.04. The van der Waals surface area contributed by atoms with Crippen molar-refractivity contribution in [2.24, 2.45) is 0 Å². The molecular weight excluding hydrogens is 442 g/mol. The van der Waals surface area contributed by atoms with Gasteiger partial charge in [0.05, 0.1) is 18.3 Å². The van der Waals surface area contributed by atoms with Crippen molar-refractivity contribution in [3.63, 3.8) is 0 Å². The fraction of sp³-hybridized carbons (Fsp3) is 0.478. The van der Waals surface area contributed by atoms with Crippen LogP contribution >= 0.6 is 0 Å². The van der Waals surface area contributed by atoms with Crippen LogP contribution in [0.2, 0.25) is 0 Å². The van der Waals surface area contributed by atoms with E-state index in [0.29, 0.717) is 37.1 Å². The number of fused-ring (bicyclic) bond motifs is 4. The van der Waals surface area contributed by atoms with Crippen LogP contribution in [0.25, 0.3) is 0 Å². The van der Waals surface area contributed by atoms with Gasteiger partial charge in [0.1, 0.15) is 24.3 Å². The van der Waals surface area contributed by atoms with Gasteiger partial charge in [0.25, 0.3) is 0 Å². The van der Waals surface area contributed by atoms with Gasteiger partial charge in [-0.2, -0.15) is 0 Å². The lowest BCUT2D eigenvalue weighted by molar-refractivity contribution is -0.141. The number of aromatic nitrogens is 2. The van der Waals surface area contributed by atoms with E-state index in [-0.39, 0.29) is 17.8 Å². The summed E-state index contributed by atoms with van der Waals surface area (Å²) in [6.07, 6.45) is 3.10. The molecule has 2 aromatic heterocycles. The molecular formula is C23H27N5O6. The van der Waals surface area contributed by atoms with E-state index in [9.17, 15) is 14.7 Å². The molecule has 2 N–H and O–H groups in total. The summed E-state index contributed by atoms with van der Waals surface area (Å²) in [7, 11) is 0. The number of nitrogens with one attached hydrogen (secondary N) is 1. The largest absolute Gasteiger partial charge is 0.491 e. The Morgan fingerprint density at radius 2 is 2.18 bits per heavy atom. The number of anilines is 3. The molecule has 3 aliphatic rings. The summed E-state index contributed by atoms with van der Waals surface area (Å²) >= 11 is 0. The van der Waals surface area contributed by atoms with Crippen LogP contribution in [0.5, 0.6) is 5.75 Å². The van der Waals surface area contributed by atoms with Gasteiger partial charge in [0.2, 0.25) is 0 Å². The number of aromatic carboxylic acids is 1. The SMILES string of the molecule is CC1(C)OCC(COc2ccnc(NC(=O)N3c4nc(C(=O)O)ccc4N4CCC[C@H]3C4)c2)O1. The van der Waals surface area contributed by atoms with E-state index in [1.54, 1.807) is 29.3 Å². The Labute approximate surface area is 196 Å². The zero-order valence-electron chi connectivity index (χ0n) is 19.1. The first kappa shape index (κ1) is 22.4. The Kier molecular flexibility index (Phi) is 5.74. The summed E-state index contributed by atoms with van der Waals surface area (Å²) < 4.78 is 17.1. The van der Waals surface area contributed by atoms with Crippen molar-refractivity contribution in [3.8, 4) is 5.75 Å². The van der Waals surface area contributed by atoms with Crippen molar-refractivity contribution >= 4 is 29.3 Å². The fourth-order valence-electron chi connectivity index (χ4n) is 4.58. The number of hydrogen-bond donors (Lipinski definition) is 2. The average Bonchev–Trinajstić information content (AvgIpc) is 3.16. The van der Waals surface area contributed by atoms with Gasteiger partial charge in [0, 0.05) is 25.4 Å². The van der Waals surface area contributed by atoms with Crippen molar-refractivity contribution in [3.05, 3.63) is 36.2 Å². The quantitative estimate of drug-likeness (QED) is 0.680. The first-order valence-corrected chi connectivity index (χ1v) is 11.3. The third kappa shape index (κ3) is 4.48. The van der Waals surface area contributed by atoms with E-state index in [0.717, 1.165) is 25.1 Å². The Hall–Kier alpha value is -3.44. The number of nitrogens with zero attached hydrogens (tertiary/aromatic N) is 4. The number of rotatable bonds is 5. The fourth-order valence-corrected chi connectivity index (χ4v) is 4.58. The minimum atomic E-state index is -1.14. The molecule has 0 radical (unpaired) electrons. The Morgan fingerprint density at radius 1 is 1.32 bits per heavy atom. The predicted octanol–water partition coefficient (Wildman–Crippen LogP) is 2.73. The van der Waals surface area contributed by atoms with Gasteiger partial charge in [-0.05, 0) is 44.9 Å². The highest BCUT2D eigenvalue weighted by Gasteiger charge is 2.39. The normalized spacial score (nSPS) is 22.8. The molecule has 1 unspecified atom stereocenters. The smallest absolute Gasteiger partial charge is 0.354 e. The van der Waals surface area contributed by atoms with Crippen LogP contribution in [-0.4, -0.2) is 71.3 Å². The molecule has 2 atom stereocenters. The van der Waals surface area contributed by atoms with Crippen molar-refractivity contribution in [1.82, 2.24) is 9.97 Å². The van der Waals surface area contributed by atoms with Gasteiger partial charge in [-0.1, -0.05) is 0 Å². The number of carbonyl (C=O) groups is 2. The lowest BCUT2D eigenvalue weighted by Gasteiger charge is -2.45. The maximum Gasteiger partial charge on any atom is 0.354 e. The van der Waals surface area contributed by atoms with Crippen LogP contribution < -0.4 is 19.9 Å². The second-order valence-electron chi connectivity index (χ2n) is 9.03. The Bertz CT molecular complexity index is 1110. The summed E-state index contributed by atoms with van der Waals surface area (Å²) in [5, 5.41) is 12.2. The second-order valence-corrected chi connectivity index (χ2v) is 9.03. The molecule has 0 aromatic carbocycles. The van der Waals surface area contributed by atoms with Crippen molar-refractivity contribution in [2.75, 3.05) is 41.4 Å². The standard InChI is InChI=1S/C23H27N5O6/c1-23(2)33-13-16(34-23)12-32-15-7-8-24-19(10-15)26-22(31)28-14-4-3-9-27(11-14)18-6-5-17(21(29)30)25-20(18)28/h5-8,10,14,16H,3-4,9,11-13H2,1-2H3,(H,29,30)(H,24,26,31)/t14-,16?/m0/s1. The van der Waals surface area contributed by atoms with Crippen LogP contribution in [0.3, 0.4) is 0 Å². The first-order chi connectivity index (χ1) is 16.3. The van der Waals surface area contributed by atoms with Crippen LogP contribution in [0.1, 0.15) is 37.2 Å². The van der Waals surface area contributed by atoms with Crippen molar-refractivity contribution < 1.29 is 28.9 Å². The molecule has 0 saturated carbocycles. The number of piperidine rings is 1. The molecule has 5 rings (SSSR count). The lowest BCUT2D eigenvalue weighted by Crippen LogP contribution is -2.56. The van der Waals surface area contributed by atoms with Gasteiger partial charge in [0.15, 0.2) is 17.3 Å². The lowest BCUT2D eigenvalue weighted by atomic mass is 10.00. The number of carbonyl (C=O) groups excluding carboxylic acids is 1. The zero-order chi connectivity index (χ0) is 23.9. The van der Waals surface area contributed by atoms with Crippen molar-refractivity contribution in [1.29, 1.82) is 0 Å². The van der Waals surface area contributed by atoms with Crippen LogP contribution in [0.4, 0.5) is 22.1 Å². The maximum absolute atomic E-state index is 13.4. The summed E-state index contributed by atoms with van der Waals surface area (Å²) in [5.41, 5.74) is 0.649. The molecule has 180 valence electrons. The number of ether oxygens (including phenoxy) is 3. The van der Waals surface area contributed by atoms with Gasteiger partial charge in [-0.3, -0.25) is 10.2 Å². The molecule has 2 fully saturated rings. The van der Waals surface area contributed by atoms with Crippen molar-refractivity contribution in [2.45, 2.75) is 44.6 Å². The molecule has 3 aliphatic heterocycles. The summed E-state index contributed by atoms with van der Waals surface area (Å²) in [5.74, 6) is -0.560. The van der Waals surface area contributed by atoms with E-state index in [1.165, 1.54) is 6.07 Å². The number of urea groups is 1. The average molecular weight is 469 g/mol. The van der Waals surface area contributed by atoms with Gasteiger partial charge < -0.3 is 24.2 Å². The Morgan fingerprint density at radius 3 is 2.94 bits per heavy atom. The first-order valence-electron chi connectivity index (χ1n) is 11.3. The van der Waals surface area contributed by atoms with E-state index < -0.39 is 17.8 Å². The molecule has 0 spiro atoms. The number of hydrogen-bond acceptors (Lipinski definition) is 8. The summed E-state index contributed by atoms with van der Waals surface area (Å²) in [6, 6.07) is 6.00. The minimum absolute atomic E-state index is 0.104. The molecule has 0 aliphatic carbocycles. The van der Waals surface area contributed by atoms with Gasteiger partial charge in [-0.15, -0.1) is 0 Å². The third-order valence-corrected chi connectivity index (χ3v) is 6.09.